The van der Waals surface area contributed by atoms with Crippen LogP contribution in [0.5, 0.6) is 11.5 Å². The molecule has 5 rings (SSSR count). The minimum atomic E-state index is -2.58. The Kier molecular flexibility index (Phi) is 10.1. The number of H-pyrrole nitrogens is 1. The molecule has 0 saturated carbocycles. The number of hydrogen-bond acceptors (Lipinski definition) is 8. The Morgan fingerprint density at radius 3 is 1.90 bits per heavy atom. The third-order valence-electron chi connectivity index (χ3n) is 9.39. The summed E-state index contributed by atoms with van der Waals surface area (Å²) < 4.78 is 46.3. The van der Waals surface area contributed by atoms with E-state index in [1.54, 1.807) is 14.2 Å². The molecule has 0 amide bonds. The van der Waals surface area contributed by atoms with Crippen molar-refractivity contribution in [2.45, 2.75) is 69.0 Å². The topological polar surface area (TPSA) is 121 Å². The molecular formula is C36H43FN2O8Si. The van der Waals surface area contributed by atoms with Crippen LogP contribution in [0.15, 0.2) is 94.6 Å². The van der Waals surface area contributed by atoms with Gasteiger partial charge in [0.05, 0.1) is 27.0 Å². The number of methoxy groups -OCH3 is 2. The molecular weight excluding hydrogens is 635 g/mol. The van der Waals surface area contributed by atoms with Crippen LogP contribution in [0.25, 0.3) is 0 Å². The number of nitrogens with zero attached hydrogens (tertiary/aromatic N) is 1. The van der Waals surface area contributed by atoms with Gasteiger partial charge in [-0.15, -0.1) is 0 Å². The second-order valence-corrected chi connectivity index (χ2v) is 18.1. The van der Waals surface area contributed by atoms with Crippen molar-refractivity contribution >= 4 is 8.32 Å². The molecule has 4 atom stereocenters. The quantitative estimate of drug-likeness (QED) is 0.161. The third-order valence-corrected chi connectivity index (χ3v) is 13.9. The predicted molar refractivity (Wildman–Crippen MR) is 182 cm³/mol. The summed E-state index contributed by atoms with van der Waals surface area (Å²) in [4.78, 5) is 26.8. The minimum Gasteiger partial charge on any atom is -0.497 e. The second-order valence-electron chi connectivity index (χ2n) is 13.4. The van der Waals surface area contributed by atoms with Crippen molar-refractivity contribution in [1.82, 2.24) is 9.55 Å². The first-order valence-electron chi connectivity index (χ1n) is 15.7. The smallest absolute Gasteiger partial charge is 0.330 e. The van der Waals surface area contributed by atoms with Crippen molar-refractivity contribution < 1.29 is 32.9 Å². The van der Waals surface area contributed by atoms with Crippen LogP contribution in [0, 0.1) is 5.82 Å². The van der Waals surface area contributed by atoms with Crippen molar-refractivity contribution in [3.8, 4) is 11.5 Å². The zero-order valence-corrected chi connectivity index (χ0v) is 29.2. The first-order chi connectivity index (χ1) is 22.7. The molecule has 2 N–H and O–H groups in total. The number of ether oxygens (including phenoxy) is 4. The lowest BCUT2D eigenvalue weighted by Gasteiger charge is -2.40. The van der Waals surface area contributed by atoms with Crippen LogP contribution < -0.4 is 20.7 Å². The standard InChI is InChI=1S/C36H43FN2O8Si/c1-35(2,3)48(6,7)47-31-30(40)29(46-33(31)39-21-28(37)32(41)38-34(39)42)22-45-36(23-11-9-8-10-12-23,24-13-17-26(43-4)18-14-24)25-15-19-27(44-5)20-16-25/h8-21,29-31,33,40H,22H2,1-7H3,(H,38,41,42)/t29-,30?,31?,33-/m0/s1. The van der Waals surface area contributed by atoms with Crippen LogP contribution in [0.1, 0.15) is 43.7 Å². The Morgan fingerprint density at radius 2 is 1.40 bits per heavy atom. The molecule has 48 heavy (non-hydrogen) atoms. The van der Waals surface area contributed by atoms with E-state index in [1.807, 2.05) is 118 Å². The fourth-order valence-corrected chi connectivity index (χ4v) is 6.94. The van der Waals surface area contributed by atoms with Crippen LogP contribution in [0.3, 0.4) is 0 Å². The summed E-state index contributed by atoms with van der Waals surface area (Å²) in [5.41, 5.74) is -0.898. The lowest BCUT2D eigenvalue weighted by Crippen LogP contribution is -2.50. The van der Waals surface area contributed by atoms with Gasteiger partial charge in [-0.2, -0.15) is 4.39 Å². The summed E-state index contributed by atoms with van der Waals surface area (Å²) in [6.07, 6.45) is -3.85. The summed E-state index contributed by atoms with van der Waals surface area (Å²) in [6, 6.07) is 24.7. The molecule has 4 aromatic rings. The first kappa shape index (κ1) is 35.2. The molecule has 3 aromatic carbocycles. The number of nitrogens with one attached hydrogen (secondary N) is 1. The summed E-state index contributed by atoms with van der Waals surface area (Å²) in [5, 5.41) is 11.6. The van der Waals surface area contributed by atoms with Gasteiger partial charge in [0.1, 0.15) is 35.4 Å². The fraction of sp³-hybridized carbons (Fsp3) is 0.389. The molecule has 2 unspecified atom stereocenters. The SMILES string of the molecule is COc1ccc(C(OC[C@@H]2O[C@H](n3cc(F)c(=O)[nH]c3=O)C(O[Si](C)(C)C(C)(C)C)C2O)(c2ccccc2)c2ccc(OC)cc2)cc1. The summed E-state index contributed by atoms with van der Waals surface area (Å²) in [7, 11) is 0.608. The molecule has 1 aliphatic heterocycles. The molecule has 12 heteroatoms. The van der Waals surface area contributed by atoms with Gasteiger partial charge in [0.15, 0.2) is 14.5 Å². The van der Waals surface area contributed by atoms with Gasteiger partial charge in [0, 0.05) is 0 Å². The van der Waals surface area contributed by atoms with E-state index in [2.05, 4.69) is 0 Å². The highest BCUT2D eigenvalue weighted by Crippen LogP contribution is 2.45. The van der Waals surface area contributed by atoms with Crippen LogP contribution in [-0.2, 0) is 19.5 Å². The number of rotatable bonds is 11. The van der Waals surface area contributed by atoms with Gasteiger partial charge in [0.2, 0.25) is 5.82 Å². The molecule has 1 saturated heterocycles. The number of aromatic nitrogens is 2. The number of aromatic amines is 1. The lowest BCUT2D eigenvalue weighted by molar-refractivity contribution is -0.0958. The molecule has 0 bridgehead atoms. The Balaban J connectivity index is 1.60. The largest absolute Gasteiger partial charge is 0.497 e. The van der Waals surface area contributed by atoms with Crippen LogP contribution >= 0.6 is 0 Å². The minimum absolute atomic E-state index is 0.164. The Hall–Kier alpha value is -4.07. The van der Waals surface area contributed by atoms with E-state index in [9.17, 15) is 19.1 Å². The summed E-state index contributed by atoms with van der Waals surface area (Å²) >= 11 is 0. The van der Waals surface area contributed by atoms with Gasteiger partial charge in [-0.05, 0) is 59.1 Å². The maximum atomic E-state index is 14.5. The van der Waals surface area contributed by atoms with E-state index in [1.165, 1.54) is 0 Å². The molecule has 2 heterocycles. The van der Waals surface area contributed by atoms with Crippen molar-refractivity contribution in [3.63, 3.8) is 0 Å². The molecule has 0 radical (unpaired) electrons. The van der Waals surface area contributed by atoms with E-state index in [0.717, 1.165) is 27.5 Å². The van der Waals surface area contributed by atoms with Gasteiger partial charge in [-0.3, -0.25) is 14.3 Å². The highest BCUT2D eigenvalue weighted by atomic mass is 28.4. The number of aliphatic hydroxyl groups is 1. The normalized spacial score (nSPS) is 20.1. The van der Waals surface area contributed by atoms with E-state index < -0.39 is 55.5 Å². The zero-order valence-electron chi connectivity index (χ0n) is 28.2. The van der Waals surface area contributed by atoms with Crippen LogP contribution in [0.4, 0.5) is 4.39 Å². The second kappa shape index (κ2) is 13.8. The first-order valence-corrected chi connectivity index (χ1v) is 18.6. The van der Waals surface area contributed by atoms with Crippen molar-refractivity contribution in [3.05, 3.63) is 128 Å². The number of halogens is 1. The number of aliphatic hydroxyl groups excluding tert-OH is 1. The molecule has 0 aliphatic carbocycles. The van der Waals surface area contributed by atoms with Gasteiger partial charge in [-0.1, -0.05) is 75.4 Å². The average molecular weight is 679 g/mol. The van der Waals surface area contributed by atoms with E-state index in [-0.39, 0.29) is 11.6 Å². The van der Waals surface area contributed by atoms with Crippen LogP contribution in [0.2, 0.25) is 18.1 Å². The van der Waals surface area contributed by atoms with E-state index in [0.29, 0.717) is 11.5 Å². The van der Waals surface area contributed by atoms with E-state index in [4.69, 9.17) is 23.4 Å². The Labute approximate surface area is 280 Å². The van der Waals surface area contributed by atoms with E-state index >= 15 is 0 Å². The van der Waals surface area contributed by atoms with Crippen molar-refractivity contribution in [2.75, 3.05) is 20.8 Å². The number of benzene rings is 3. The van der Waals surface area contributed by atoms with Gasteiger partial charge < -0.3 is 28.5 Å². The molecule has 1 aliphatic rings. The molecule has 256 valence electrons. The summed E-state index contributed by atoms with van der Waals surface area (Å²) in [5.74, 6) is 0.162. The van der Waals surface area contributed by atoms with Gasteiger partial charge >= 0.3 is 5.69 Å². The molecule has 1 fully saturated rings. The average Bonchev–Trinajstić information content (AvgIpc) is 3.37. The molecule has 10 nitrogen and oxygen atoms in total. The zero-order chi connectivity index (χ0) is 34.9. The van der Waals surface area contributed by atoms with Crippen molar-refractivity contribution in [1.29, 1.82) is 0 Å². The van der Waals surface area contributed by atoms with Crippen LogP contribution in [-0.4, -0.2) is 62.1 Å². The maximum Gasteiger partial charge on any atom is 0.330 e. The molecule has 1 aromatic heterocycles. The Morgan fingerprint density at radius 1 is 0.875 bits per heavy atom. The molecule has 0 spiro atoms. The third kappa shape index (κ3) is 6.76. The highest BCUT2D eigenvalue weighted by molar-refractivity contribution is 6.74. The summed E-state index contributed by atoms with van der Waals surface area (Å²) in [6.45, 7) is 9.97. The fourth-order valence-electron chi connectivity index (χ4n) is 5.66. The number of hydrogen-bond donors (Lipinski definition) is 2. The van der Waals surface area contributed by atoms with Gasteiger partial charge in [-0.25, -0.2) is 4.79 Å². The monoisotopic (exact) mass is 678 g/mol. The predicted octanol–water partition coefficient (Wildman–Crippen LogP) is 5.35. The maximum absolute atomic E-state index is 14.5. The van der Waals surface area contributed by atoms with Crippen molar-refractivity contribution in [2.24, 2.45) is 0 Å². The lowest BCUT2D eigenvalue weighted by atomic mass is 9.80. The Bertz CT molecular complexity index is 1760. The van der Waals surface area contributed by atoms with Gasteiger partial charge in [0.25, 0.3) is 5.56 Å². The highest BCUT2D eigenvalue weighted by Gasteiger charge is 2.52.